The number of aryl methyl sites for hydroxylation is 1. The molecule has 2 aromatic heterocycles. The Morgan fingerprint density at radius 3 is 2.39 bits per heavy atom. The van der Waals surface area contributed by atoms with Crippen molar-refractivity contribution in [2.45, 2.75) is 27.3 Å². The first-order chi connectivity index (χ1) is 13.4. The zero-order valence-electron chi connectivity index (χ0n) is 16.4. The smallest absolute Gasteiger partial charge is 0.339 e. The average Bonchev–Trinajstić information content (AvgIpc) is 3.32. The number of carbonyl (C=O) groups excluding carboxylic acids is 3. The Morgan fingerprint density at radius 1 is 1.11 bits per heavy atom. The number of aromatic nitrogens is 1. The Bertz CT molecular complexity index is 864. The fourth-order valence-corrected chi connectivity index (χ4v) is 4.10. The molecule has 150 valence electrons. The number of thiophene rings is 1. The van der Waals surface area contributed by atoms with Crippen LogP contribution in [0.25, 0.3) is 0 Å². The minimum absolute atomic E-state index is 0.0135. The first-order valence-electron chi connectivity index (χ1n) is 9.36. The lowest BCUT2D eigenvalue weighted by molar-refractivity contribution is -0.133. The van der Waals surface area contributed by atoms with E-state index in [9.17, 15) is 14.4 Å². The van der Waals surface area contributed by atoms with Crippen LogP contribution >= 0.6 is 11.3 Å². The number of carbonyl (C=O) groups is 3. The molecule has 0 N–H and O–H groups in total. The Hall–Kier alpha value is -2.61. The number of piperazine rings is 1. The molecule has 1 aliphatic heterocycles. The molecule has 1 saturated heterocycles. The monoisotopic (exact) mass is 403 g/mol. The summed E-state index contributed by atoms with van der Waals surface area (Å²) in [6.45, 7) is 8.04. The number of nitrogens with zero attached hydrogens (tertiary/aromatic N) is 3. The Kier molecular flexibility index (Phi) is 6.18. The highest BCUT2D eigenvalue weighted by molar-refractivity contribution is 7.12. The third-order valence-corrected chi connectivity index (χ3v) is 5.87. The molecule has 3 rings (SSSR count). The molecule has 1 aliphatic rings. The largest absolute Gasteiger partial charge is 0.462 e. The van der Waals surface area contributed by atoms with Crippen molar-refractivity contribution in [2.24, 2.45) is 0 Å². The van der Waals surface area contributed by atoms with Crippen LogP contribution in [0, 0.1) is 13.8 Å². The highest BCUT2D eigenvalue weighted by Crippen LogP contribution is 2.18. The van der Waals surface area contributed by atoms with Gasteiger partial charge in [-0.05, 0) is 38.3 Å². The molecule has 0 aliphatic carbocycles. The third-order valence-electron chi connectivity index (χ3n) is 5.01. The van der Waals surface area contributed by atoms with Crippen molar-refractivity contribution in [3.63, 3.8) is 0 Å². The van der Waals surface area contributed by atoms with E-state index in [2.05, 4.69) is 0 Å². The summed E-state index contributed by atoms with van der Waals surface area (Å²) in [6.07, 6.45) is 0. The maximum absolute atomic E-state index is 12.8. The van der Waals surface area contributed by atoms with Crippen LogP contribution in [-0.2, 0) is 16.1 Å². The SMILES string of the molecule is CCOC(=O)c1cc(C)n(CC(=O)N2CCN(C(=O)c3cccs3)CC2)c1C. The number of ether oxygens (including phenoxy) is 1. The topological polar surface area (TPSA) is 71.8 Å². The fourth-order valence-electron chi connectivity index (χ4n) is 3.41. The summed E-state index contributed by atoms with van der Waals surface area (Å²) in [5.74, 6) is -0.353. The minimum Gasteiger partial charge on any atom is -0.462 e. The molecular weight excluding hydrogens is 378 g/mol. The quantitative estimate of drug-likeness (QED) is 0.719. The van der Waals surface area contributed by atoms with Gasteiger partial charge in [0, 0.05) is 37.6 Å². The zero-order valence-corrected chi connectivity index (χ0v) is 17.3. The second-order valence-corrected chi connectivity index (χ2v) is 7.69. The van der Waals surface area contributed by atoms with E-state index < -0.39 is 0 Å². The van der Waals surface area contributed by atoms with Crippen molar-refractivity contribution in [1.29, 1.82) is 0 Å². The number of hydrogen-bond donors (Lipinski definition) is 0. The van der Waals surface area contributed by atoms with Crippen molar-refractivity contribution in [3.05, 3.63) is 45.4 Å². The van der Waals surface area contributed by atoms with Gasteiger partial charge >= 0.3 is 5.97 Å². The van der Waals surface area contributed by atoms with Crippen molar-refractivity contribution < 1.29 is 19.1 Å². The van der Waals surface area contributed by atoms with Crippen LogP contribution in [0.2, 0.25) is 0 Å². The Balaban J connectivity index is 1.61. The maximum atomic E-state index is 12.8. The number of amides is 2. The lowest BCUT2D eigenvalue weighted by Gasteiger charge is -2.34. The van der Waals surface area contributed by atoms with E-state index >= 15 is 0 Å². The van der Waals surface area contributed by atoms with Gasteiger partial charge in [0.1, 0.15) is 6.54 Å². The fraction of sp³-hybridized carbons (Fsp3) is 0.450. The van der Waals surface area contributed by atoms with E-state index in [0.717, 1.165) is 16.3 Å². The highest BCUT2D eigenvalue weighted by atomic mass is 32.1. The molecule has 7 nitrogen and oxygen atoms in total. The van der Waals surface area contributed by atoms with Gasteiger partial charge in [0.05, 0.1) is 17.0 Å². The first-order valence-corrected chi connectivity index (χ1v) is 10.2. The molecule has 1 fully saturated rings. The number of esters is 1. The summed E-state index contributed by atoms with van der Waals surface area (Å²) in [7, 11) is 0. The molecule has 2 amide bonds. The van der Waals surface area contributed by atoms with Crippen molar-refractivity contribution in [2.75, 3.05) is 32.8 Å². The maximum Gasteiger partial charge on any atom is 0.339 e. The lowest BCUT2D eigenvalue weighted by Crippen LogP contribution is -2.51. The van der Waals surface area contributed by atoms with Crippen molar-refractivity contribution >= 4 is 29.1 Å². The molecule has 0 unspecified atom stereocenters. The van der Waals surface area contributed by atoms with Crippen LogP contribution in [0.15, 0.2) is 23.6 Å². The van der Waals surface area contributed by atoms with E-state index in [1.165, 1.54) is 11.3 Å². The molecule has 0 bridgehead atoms. The molecule has 28 heavy (non-hydrogen) atoms. The van der Waals surface area contributed by atoms with E-state index in [4.69, 9.17) is 4.74 Å². The predicted octanol–water partition coefficient (Wildman–Crippen LogP) is 2.33. The summed E-state index contributed by atoms with van der Waals surface area (Å²) in [4.78, 5) is 41.5. The minimum atomic E-state index is -0.366. The van der Waals surface area contributed by atoms with Crippen LogP contribution in [0.1, 0.15) is 38.3 Å². The standard InChI is InChI=1S/C20H25N3O4S/c1-4-27-20(26)16-12-14(2)23(15(16)3)13-18(24)21-7-9-22(10-8-21)19(25)17-6-5-11-28-17/h5-6,11-12H,4,7-10,13H2,1-3H3. The average molecular weight is 404 g/mol. The molecule has 0 spiro atoms. The van der Waals surface area contributed by atoms with Gasteiger partial charge in [0.25, 0.3) is 5.91 Å². The van der Waals surface area contributed by atoms with Gasteiger partial charge in [-0.25, -0.2) is 4.79 Å². The van der Waals surface area contributed by atoms with Crippen LogP contribution in [0.3, 0.4) is 0 Å². The molecule has 0 atom stereocenters. The Labute approximate surface area is 168 Å². The second-order valence-electron chi connectivity index (χ2n) is 6.74. The summed E-state index contributed by atoms with van der Waals surface area (Å²) in [5, 5.41) is 1.89. The van der Waals surface area contributed by atoms with E-state index in [0.29, 0.717) is 38.3 Å². The molecular formula is C20H25N3O4S. The van der Waals surface area contributed by atoms with Gasteiger partial charge in [-0.1, -0.05) is 6.07 Å². The molecule has 2 aromatic rings. The van der Waals surface area contributed by atoms with Crippen LogP contribution in [0.4, 0.5) is 0 Å². The van der Waals surface area contributed by atoms with Crippen LogP contribution < -0.4 is 0 Å². The highest BCUT2D eigenvalue weighted by Gasteiger charge is 2.26. The number of hydrogen-bond acceptors (Lipinski definition) is 5. The third kappa shape index (κ3) is 4.11. The van der Waals surface area contributed by atoms with Gasteiger partial charge in [0.15, 0.2) is 0 Å². The summed E-state index contributed by atoms with van der Waals surface area (Å²) < 4.78 is 6.92. The van der Waals surface area contributed by atoms with E-state index in [-0.39, 0.29) is 24.3 Å². The lowest BCUT2D eigenvalue weighted by atomic mass is 10.2. The van der Waals surface area contributed by atoms with Crippen LogP contribution in [0.5, 0.6) is 0 Å². The first kappa shape index (κ1) is 20.1. The molecule has 0 radical (unpaired) electrons. The molecule has 0 aromatic carbocycles. The van der Waals surface area contributed by atoms with Crippen molar-refractivity contribution in [1.82, 2.24) is 14.4 Å². The molecule has 8 heteroatoms. The van der Waals surface area contributed by atoms with Gasteiger partial charge in [0.2, 0.25) is 5.91 Å². The zero-order chi connectivity index (χ0) is 20.3. The molecule has 3 heterocycles. The Morgan fingerprint density at radius 2 is 1.79 bits per heavy atom. The summed E-state index contributed by atoms with van der Waals surface area (Å²) in [5.41, 5.74) is 2.08. The predicted molar refractivity (Wildman–Crippen MR) is 107 cm³/mol. The van der Waals surface area contributed by atoms with Gasteiger partial charge in [-0.3, -0.25) is 9.59 Å². The van der Waals surface area contributed by atoms with Gasteiger partial charge in [-0.2, -0.15) is 0 Å². The van der Waals surface area contributed by atoms with E-state index in [1.54, 1.807) is 22.8 Å². The number of rotatable bonds is 5. The molecule has 0 saturated carbocycles. The van der Waals surface area contributed by atoms with E-state index in [1.807, 2.05) is 35.9 Å². The second kappa shape index (κ2) is 8.60. The summed E-state index contributed by atoms with van der Waals surface area (Å²) >= 11 is 1.43. The van der Waals surface area contributed by atoms with Crippen molar-refractivity contribution in [3.8, 4) is 0 Å². The summed E-state index contributed by atoms with van der Waals surface area (Å²) in [6, 6.07) is 5.45. The van der Waals surface area contributed by atoms with Crippen LogP contribution in [-0.4, -0.2) is 64.9 Å². The van der Waals surface area contributed by atoms with Gasteiger partial charge < -0.3 is 19.1 Å². The van der Waals surface area contributed by atoms with Gasteiger partial charge in [-0.15, -0.1) is 11.3 Å². The normalized spacial score (nSPS) is 14.2.